The van der Waals surface area contributed by atoms with Gasteiger partial charge >= 0.3 is 23.8 Å². The number of hydrazone groups is 1. The number of amides is 2. The van der Waals surface area contributed by atoms with Gasteiger partial charge in [0.15, 0.2) is 0 Å². The SMILES string of the molecule is O=C(N/N=C/c1ccc(OC(=O)c2ccccc2)cc1OC(=O)c1ccccc1)C(=O)Nc1ccc(Br)cc1. The summed E-state index contributed by atoms with van der Waals surface area (Å²) in [5, 5.41) is 6.25. The molecular weight excluding hydrogens is 566 g/mol. The van der Waals surface area contributed by atoms with E-state index in [0.717, 1.165) is 4.47 Å². The number of carbonyl (C=O) groups excluding carboxylic acids is 4. The quantitative estimate of drug-likeness (QED) is 0.104. The van der Waals surface area contributed by atoms with Crippen molar-refractivity contribution in [3.05, 3.63) is 124 Å². The molecule has 0 atom stereocenters. The Kier molecular flexibility index (Phi) is 8.94. The van der Waals surface area contributed by atoms with Gasteiger partial charge in [0.2, 0.25) is 0 Å². The fraction of sp³-hybridized carbons (Fsp3) is 0. The van der Waals surface area contributed by atoms with Crippen LogP contribution in [0, 0.1) is 0 Å². The number of benzene rings is 4. The Hall–Kier alpha value is -5.09. The molecule has 2 amide bonds. The van der Waals surface area contributed by atoms with Gasteiger partial charge in [-0.15, -0.1) is 0 Å². The maximum Gasteiger partial charge on any atom is 0.343 e. The average Bonchev–Trinajstić information content (AvgIpc) is 2.96. The highest BCUT2D eigenvalue weighted by atomic mass is 79.9. The minimum atomic E-state index is -1.01. The van der Waals surface area contributed by atoms with Crippen molar-refractivity contribution in [3.63, 3.8) is 0 Å². The highest BCUT2D eigenvalue weighted by Gasteiger charge is 2.16. The molecule has 0 aromatic heterocycles. The molecule has 0 aliphatic rings. The summed E-state index contributed by atoms with van der Waals surface area (Å²) < 4.78 is 11.8. The second kappa shape index (κ2) is 12.9. The molecule has 4 aromatic rings. The first-order valence-electron chi connectivity index (χ1n) is 11.5. The topological polar surface area (TPSA) is 123 Å². The first-order chi connectivity index (χ1) is 18.9. The molecule has 4 rings (SSSR count). The van der Waals surface area contributed by atoms with E-state index in [1.807, 2.05) is 0 Å². The maximum absolute atomic E-state index is 12.7. The fourth-order valence-corrected chi connectivity index (χ4v) is 3.44. The summed E-state index contributed by atoms with van der Waals surface area (Å²) >= 11 is 3.29. The van der Waals surface area contributed by atoms with Crippen LogP contribution >= 0.6 is 15.9 Å². The maximum atomic E-state index is 12.7. The van der Waals surface area contributed by atoms with E-state index < -0.39 is 23.8 Å². The lowest BCUT2D eigenvalue weighted by Crippen LogP contribution is -2.32. The third-order valence-electron chi connectivity index (χ3n) is 5.10. The number of rotatable bonds is 7. The molecule has 0 saturated heterocycles. The van der Waals surface area contributed by atoms with Gasteiger partial charge in [-0.1, -0.05) is 52.3 Å². The molecule has 0 spiro atoms. The summed E-state index contributed by atoms with van der Waals surface area (Å²) in [6.45, 7) is 0. The van der Waals surface area contributed by atoms with Gasteiger partial charge in [0.05, 0.1) is 17.3 Å². The van der Waals surface area contributed by atoms with Crippen molar-refractivity contribution in [3.8, 4) is 11.5 Å². The molecule has 0 radical (unpaired) electrons. The number of hydrogen-bond acceptors (Lipinski definition) is 7. The van der Waals surface area contributed by atoms with Crippen LogP contribution in [0.5, 0.6) is 11.5 Å². The molecular formula is C29H20BrN3O6. The van der Waals surface area contributed by atoms with Crippen molar-refractivity contribution in [2.45, 2.75) is 0 Å². The Morgan fingerprint density at radius 3 is 1.90 bits per heavy atom. The average molecular weight is 586 g/mol. The molecule has 0 saturated carbocycles. The summed E-state index contributed by atoms with van der Waals surface area (Å²) in [5.41, 5.74) is 3.46. The number of esters is 2. The Balaban J connectivity index is 1.49. The van der Waals surface area contributed by atoms with Gasteiger partial charge in [0.25, 0.3) is 0 Å². The van der Waals surface area contributed by atoms with Crippen LogP contribution in [-0.2, 0) is 9.59 Å². The normalized spacial score (nSPS) is 10.5. The predicted molar refractivity (Wildman–Crippen MR) is 148 cm³/mol. The molecule has 0 aliphatic carbocycles. The third kappa shape index (κ3) is 7.70. The van der Waals surface area contributed by atoms with Crippen LogP contribution in [0.4, 0.5) is 5.69 Å². The minimum Gasteiger partial charge on any atom is -0.423 e. The van der Waals surface area contributed by atoms with Crippen molar-refractivity contribution in [1.82, 2.24) is 5.43 Å². The number of anilines is 1. The molecule has 0 bridgehead atoms. The lowest BCUT2D eigenvalue weighted by Gasteiger charge is -2.10. The van der Waals surface area contributed by atoms with Crippen LogP contribution in [0.15, 0.2) is 113 Å². The zero-order valence-corrected chi connectivity index (χ0v) is 21.8. The largest absolute Gasteiger partial charge is 0.423 e. The highest BCUT2D eigenvalue weighted by molar-refractivity contribution is 9.10. The van der Waals surface area contributed by atoms with Crippen molar-refractivity contribution in [2.24, 2.45) is 5.10 Å². The molecule has 0 heterocycles. The lowest BCUT2D eigenvalue weighted by atomic mass is 10.2. The summed E-state index contributed by atoms with van der Waals surface area (Å²) in [6.07, 6.45) is 1.20. The van der Waals surface area contributed by atoms with Crippen molar-refractivity contribution >= 4 is 51.6 Å². The number of ether oxygens (including phenoxy) is 2. The van der Waals surface area contributed by atoms with E-state index in [1.54, 1.807) is 84.9 Å². The summed E-state index contributed by atoms with van der Waals surface area (Å²) in [6, 6.07) is 27.7. The van der Waals surface area contributed by atoms with Crippen LogP contribution in [0.1, 0.15) is 26.3 Å². The number of nitrogens with one attached hydrogen (secondary N) is 2. The van der Waals surface area contributed by atoms with Crippen molar-refractivity contribution < 1.29 is 28.7 Å². The molecule has 194 valence electrons. The van der Waals surface area contributed by atoms with E-state index in [4.69, 9.17) is 9.47 Å². The number of hydrogen-bond donors (Lipinski definition) is 2. The van der Waals surface area contributed by atoms with E-state index in [2.05, 4.69) is 31.8 Å². The first-order valence-corrected chi connectivity index (χ1v) is 12.3. The number of carbonyl (C=O) groups is 4. The third-order valence-corrected chi connectivity index (χ3v) is 5.62. The Morgan fingerprint density at radius 1 is 0.692 bits per heavy atom. The molecule has 0 fully saturated rings. The highest BCUT2D eigenvalue weighted by Crippen LogP contribution is 2.26. The van der Waals surface area contributed by atoms with Gasteiger partial charge in [-0.3, -0.25) is 9.59 Å². The summed E-state index contributed by atoms with van der Waals surface area (Å²) in [7, 11) is 0. The molecule has 4 aromatic carbocycles. The molecule has 0 aliphatic heterocycles. The zero-order valence-electron chi connectivity index (χ0n) is 20.2. The Morgan fingerprint density at radius 2 is 1.28 bits per heavy atom. The zero-order chi connectivity index (χ0) is 27.6. The van der Waals surface area contributed by atoms with Crippen LogP contribution in [0.2, 0.25) is 0 Å². The van der Waals surface area contributed by atoms with Crippen LogP contribution in [0.25, 0.3) is 0 Å². The van der Waals surface area contributed by atoms with E-state index >= 15 is 0 Å². The van der Waals surface area contributed by atoms with Crippen LogP contribution < -0.4 is 20.2 Å². The van der Waals surface area contributed by atoms with E-state index in [0.29, 0.717) is 16.8 Å². The van der Waals surface area contributed by atoms with E-state index in [1.165, 1.54) is 24.4 Å². The molecule has 2 N–H and O–H groups in total. The van der Waals surface area contributed by atoms with Gasteiger partial charge in [-0.2, -0.15) is 5.10 Å². The monoisotopic (exact) mass is 585 g/mol. The van der Waals surface area contributed by atoms with Crippen LogP contribution in [-0.4, -0.2) is 30.0 Å². The predicted octanol–water partition coefficient (Wildman–Crippen LogP) is 4.98. The van der Waals surface area contributed by atoms with Crippen LogP contribution in [0.3, 0.4) is 0 Å². The van der Waals surface area contributed by atoms with E-state index in [9.17, 15) is 19.2 Å². The molecule has 39 heavy (non-hydrogen) atoms. The lowest BCUT2D eigenvalue weighted by molar-refractivity contribution is -0.136. The molecule has 10 heteroatoms. The van der Waals surface area contributed by atoms with Crippen molar-refractivity contribution in [1.29, 1.82) is 0 Å². The number of halogens is 1. The Labute approximate surface area is 231 Å². The van der Waals surface area contributed by atoms with Gasteiger partial charge < -0.3 is 14.8 Å². The van der Waals surface area contributed by atoms with Gasteiger partial charge in [-0.05, 0) is 60.7 Å². The smallest absolute Gasteiger partial charge is 0.343 e. The van der Waals surface area contributed by atoms with Crippen molar-refractivity contribution in [2.75, 3.05) is 5.32 Å². The summed E-state index contributed by atoms with van der Waals surface area (Å²) in [4.78, 5) is 49.5. The summed E-state index contributed by atoms with van der Waals surface area (Å²) in [5.74, 6) is -3.05. The van der Waals surface area contributed by atoms with Gasteiger partial charge in [-0.25, -0.2) is 15.0 Å². The van der Waals surface area contributed by atoms with Gasteiger partial charge in [0.1, 0.15) is 11.5 Å². The molecule has 9 nitrogen and oxygen atoms in total. The number of nitrogens with zero attached hydrogens (tertiary/aromatic N) is 1. The second-order valence-electron chi connectivity index (χ2n) is 7.87. The first kappa shape index (κ1) is 27.0. The van der Waals surface area contributed by atoms with Gasteiger partial charge in [0, 0.05) is 21.8 Å². The Bertz CT molecular complexity index is 1520. The molecule has 0 unspecified atom stereocenters. The van der Waals surface area contributed by atoms with E-state index in [-0.39, 0.29) is 17.1 Å². The second-order valence-corrected chi connectivity index (χ2v) is 8.79. The minimum absolute atomic E-state index is 0.0135. The standard InChI is InChI=1S/C29H20BrN3O6/c30-22-12-14-23(15-13-22)32-26(34)27(35)33-31-18-21-11-16-24(38-28(36)19-7-3-1-4-8-19)17-25(21)39-29(37)20-9-5-2-6-10-20/h1-18H,(H,32,34)(H,33,35)/b31-18+. The fourth-order valence-electron chi connectivity index (χ4n) is 3.18.